The molecule has 0 saturated carbocycles. The smallest absolute Gasteiger partial charge is 0.162 e. The van der Waals surface area contributed by atoms with Gasteiger partial charge in [-0.15, -0.1) is 0 Å². The Kier molecular flexibility index (Phi) is 4.42. The van der Waals surface area contributed by atoms with Gasteiger partial charge in [0.05, 0.1) is 12.6 Å². The van der Waals surface area contributed by atoms with Crippen molar-refractivity contribution in [1.29, 1.82) is 0 Å². The average Bonchev–Trinajstić information content (AvgIpc) is 2.72. The summed E-state index contributed by atoms with van der Waals surface area (Å²) in [6.45, 7) is 0. The van der Waals surface area contributed by atoms with Gasteiger partial charge in [-0.1, -0.05) is 36.4 Å². The number of methoxy groups -OCH3 is 1. The van der Waals surface area contributed by atoms with E-state index in [0.29, 0.717) is 11.6 Å². The molecule has 134 valence electrons. The fourth-order valence-corrected chi connectivity index (χ4v) is 3.06. The van der Waals surface area contributed by atoms with E-state index in [0.717, 1.165) is 33.4 Å². The zero-order chi connectivity index (χ0) is 18.8. The lowest BCUT2D eigenvalue weighted by Gasteiger charge is -2.11. The first-order valence-electron chi connectivity index (χ1n) is 8.58. The molecule has 0 bridgehead atoms. The van der Waals surface area contributed by atoms with E-state index in [9.17, 15) is 4.39 Å². The van der Waals surface area contributed by atoms with Gasteiger partial charge in [-0.05, 0) is 35.4 Å². The monoisotopic (exact) mass is 359 g/mol. The van der Waals surface area contributed by atoms with E-state index in [4.69, 9.17) is 9.72 Å². The van der Waals surface area contributed by atoms with Crippen molar-refractivity contribution in [3.63, 3.8) is 0 Å². The zero-order valence-corrected chi connectivity index (χ0v) is 15.0. The second kappa shape index (κ2) is 7.03. The molecule has 1 heterocycles. The molecule has 0 atom stereocenters. The van der Waals surface area contributed by atoms with Gasteiger partial charge < -0.3 is 10.1 Å². The highest BCUT2D eigenvalue weighted by molar-refractivity contribution is 5.93. The van der Waals surface area contributed by atoms with E-state index in [2.05, 4.69) is 10.3 Å². The predicted molar refractivity (Wildman–Crippen MR) is 106 cm³/mol. The average molecular weight is 359 g/mol. The van der Waals surface area contributed by atoms with Gasteiger partial charge in [0.25, 0.3) is 0 Å². The molecular formula is C22H18FN3O. The summed E-state index contributed by atoms with van der Waals surface area (Å²) >= 11 is 0. The first-order valence-corrected chi connectivity index (χ1v) is 8.58. The molecule has 0 aliphatic rings. The number of aromatic nitrogens is 2. The third kappa shape index (κ3) is 3.31. The molecule has 0 amide bonds. The Morgan fingerprint density at radius 2 is 1.67 bits per heavy atom. The van der Waals surface area contributed by atoms with Crippen molar-refractivity contribution in [1.82, 2.24) is 9.97 Å². The minimum Gasteiger partial charge on any atom is -0.497 e. The molecule has 0 aliphatic carbocycles. The van der Waals surface area contributed by atoms with Crippen molar-refractivity contribution in [2.75, 3.05) is 19.5 Å². The second-order valence-electron chi connectivity index (χ2n) is 6.12. The van der Waals surface area contributed by atoms with E-state index < -0.39 is 0 Å². The molecule has 1 N–H and O–H groups in total. The number of rotatable bonds is 4. The Balaban J connectivity index is 1.90. The summed E-state index contributed by atoms with van der Waals surface area (Å²) in [6, 6.07) is 20.3. The lowest BCUT2D eigenvalue weighted by molar-refractivity contribution is 0.411. The summed E-state index contributed by atoms with van der Waals surface area (Å²) < 4.78 is 19.1. The van der Waals surface area contributed by atoms with Crippen LogP contribution in [0.4, 0.5) is 10.2 Å². The van der Waals surface area contributed by atoms with Crippen molar-refractivity contribution in [2.45, 2.75) is 0 Å². The Morgan fingerprint density at radius 3 is 2.41 bits per heavy atom. The molecule has 0 unspecified atom stereocenters. The largest absolute Gasteiger partial charge is 0.497 e. The van der Waals surface area contributed by atoms with Crippen LogP contribution >= 0.6 is 0 Å². The molecule has 3 aromatic carbocycles. The number of ether oxygens (including phenoxy) is 1. The van der Waals surface area contributed by atoms with Crippen molar-refractivity contribution >= 4 is 16.7 Å². The molecule has 0 fully saturated rings. The summed E-state index contributed by atoms with van der Waals surface area (Å²) in [6.07, 6.45) is 0. The van der Waals surface area contributed by atoms with Crippen LogP contribution in [-0.2, 0) is 0 Å². The molecule has 0 radical (unpaired) electrons. The van der Waals surface area contributed by atoms with Crippen molar-refractivity contribution in [2.24, 2.45) is 0 Å². The van der Waals surface area contributed by atoms with E-state index in [1.54, 1.807) is 0 Å². The maximum atomic E-state index is 13.9. The molecule has 0 spiro atoms. The highest BCUT2D eigenvalue weighted by atomic mass is 19.1. The number of fused-ring (bicyclic) bond motifs is 1. The van der Waals surface area contributed by atoms with Crippen LogP contribution in [0.5, 0.6) is 5.75 Å². The van der Waals surface area contributed by atoms with E-state index in [-0.39, 0.29) is 5.82 Å². The fourth-order valence-electron chi connectivity index (χ4n) is 3.06. The molecule has 1 aromatic heterocycles. The normalized spacial score (nSPS) is 10.8. The van der Waals surface area contributed by atoms with E-state index in [1.165, 1.54) is 19.2 Å². The summed E-state index contributed by atoms with van der Waals surface area (Å²) in [5.74, 6) is 1.53. The SMILES string of the molecule is CNc1nc(-c2ccccc2)nc2cc(-c3cc(F)cc(OC)c3)ccc12. The molecule has 0 aliphatic heterocycles. The van der Waals surface area contributed by atoms with Crippen molar-refractivity contribution in [3.8, 4) is 28.3 Å². The van der Waals surface area contributed by atoms with Crippen LogP contribution in [-0.4, -0.2) is 24.1 Å². The van der Waals surface area contributed by atoms with Crippen LogP contribution in [0.15, 0.2) is 66.7 Å². The Labute approximate surface area is 156 Å². The van der Waals surface area contributed by atoms with Crippen LogP contribution in [0.25, 0.3) is 33.4 Å². The standard InChI is InChI=1S/C22H18FN3O/c1-24-22-19-9-8-15(16-10-17(23)13-18(11-16)27-2)12-20(19)25-21(26-22)14-6-4-3-5-7-14/h3-13H,1-2H3,(H,24,25,26). The number of nitrogens with zero attached hydrogens (tertiary/aromatic N) is 2. The van der Waals surface area contributed by atoms with Gasteiger partial charge in [0.1, 0.15) is 17.4 Å². The minimum absolute atomic E-state index is 0.340. The molecule has 4 nitrogen and oxygen atoms in total. The van der Waals surface area contributed by atoms with Gasteiger partial charge in [0.2, 0.25) is 0 Å². The highest BCUT2D eigenvalue weighted by Gasteiger charge is 2.11. The molecule has 4 rings (SSSR count). The lowest BCUT2D eigenvalue weighted by atomic mass is 10.0. The summed E-state index contributed by atoms with van der Waals surface area (Å²) in [5.41, 5.74) is 3.32. The van der Waals surface area contributed by atoms with Crippen molar-refractivity contribution in [3.05, 3.63) is 72.5 Å². The number of nitrogens with one attached hydrogen (secondary N) is 1. The first-order chi connectivity index (χ1) is 13.2. The summed E-state index contributed by atoms with van der Waals surface area (Å²) in [4.78, 5) is 9.36. The van der Waals surface area contributed by atoms with E-state index in [1.807, 2.05) is 61.6 Å². The number of hydrogen-bond acceptors (Lipinski definition) is 4. The quantitative estimate of drug-likeness (QED) is 0.547. The maximum absolute atomic E-state index is 13.9. The number of benzene rings is 3. The van der Waals surface area contributed by atoms with Crippen LogP contribution in [0, 0.1) is 5.82 Å². The Morgan fingerprint density at radius 1 is 0.852 bits per heavy atom. The molecule has 4 aromatic rings. The molecule has 0 saturated heterocycles. The predicted octanol–water partition coefficient (Wildman–Crippen LogP) is 5.15. The van der Waals surface area contributed by atoms with Gasteiger partial charge >= 0.3 is 0 Å². The van der Waals surface area contributed by atoms with E-state index >= 15 is 0 Å². The summed E-state index contributed by atoms with van der Waals surface area (Å²) in [7, 11) is 3.36. The van der Waals surface area contributed by atoms with Gasteiger partial charge in [-0.25, -0.2) is 14.4 Å². The zero-order valence-electron chi connectivity index (χ0n) is 15.0. The Bertz CT molecular complexity index is 1110. The number of hydrogen-bond donors (Lipinski definition) is 1. The highest BCUT2D eigenvalue weighted by Crippen LogP contribution is 2.31. The maximum Gasteiger partial charge on any atom is 0.162 e. The van der Waals surface area contributed by atoms with Gasteiger partial charge in [-0.2, -0.15) is 0 Å². The van der Waals surface area contributed by atoms with Gasteiger partial charge in [-0.3, -0.25) is 0 Å². The second-order valence-corrected chi connectivity index (χ2v) is 6.12. The minimum atomic E-state index is -0.340. The summed E-state index contributed by atoms with van der Waals surface area (Å²) in [5, 5.41) is 4.04. The Hall–Kier alpha value is -3.47. The topological polar surface area (TPSA) is 47.0 Å². The third-order valence-corrected chi connectivity index (χ3v) is 4.41. The molecular weight excluding hydrogens is 341 g/mol. The van der Waals surface area contributed by atoms with Crippen LogP contribution in [0.1, 0.15) is 0 Å². The molecule has 5 heteroatoms. The number of halogens is 1. The lowest BCUT2D eigenvalue weighted by Crippen LogP contribution is -1.99. The first kappa shape index (κ1) is 17.0. The van der Waals surface area contributed by atoms with Gasteiger partial charge in [0.15, 0.2) is 5.82 Å². The van der Waals surface area contributed by atoms with Crippen LogP contribution in [0.3, 0.4) is 0 Å². The van der Waals surface area contributed by atoms with Crippen molar-refractivity contribution < 1.29 is 9.13 Å². The number of anilines is 1. The molecule has 27 heavy (non-hydrogen) atoms. The van der Waals surface area contributed by atoms with Crippen LogP contribution < -0.4 is 10.1 Å². The third-order valence-electron chi connectivity index (χ3n) is 4.41. The van der Waals surface area contributed by atoms with Crippen LogP contribution in [0.2, 0.25) is 0 Å². The van der Waals surface area contributed by atoms with Gasteiger partial charge in [0, 0.05) is 24.1 Å². The fraction of sp³-hybridized carbons (Fsp3) is 0.0909.